The fourth-order valence-corrected chi connectivity index (χ4v) is 5.87. The van der Waals surface area contributed by atoms with E-state index in [2.05, 4.69) is 31.4 Å². The monoisotopic (exact) mass is 535 g/mol. The van der Waals surface area contributed by atoms with Crippen molar-refractivity contribution in [2.24, 2.45) is 0 Å². The van der Waals surface area contributed by atoms with E-state index >= 15 is 0 Å². The van der Waals surface area contributed by atoms with Gasteiger partial charge in [0, 0.05) is 29.2 Å². The molecule has 186 valence electrons. The van der Waals surface area contributed by atoms with Crippen LogP contribution in [-0.2, 0) is 10.0 Å². The van der Waals surface area contributed by atoms with Crippen molar-refractivity contribution >= 4 is 27.3 Å². The summed E-state index contributed by atoms with van der Waals surface area (Å²) >= 11 is 1.60. The third-order valence-corrected chi connectivity index (χ3v) is 8.12. The summed E-state index contributed by atoms with van der Waals surface area (Å²) in [5.74, 6) is 0.800. The number of aromatic nitrogens is 4. The molecule has 3 aromatic heterocycles. The molecular weight excluding hydrogens is 514 g/mol. The fraction of sp³-hybridized carbons (Fsp3) is 0. The molecule has 0 atom stereocenters. The molecule has 0 aliphatic carbocycles. The maximum Gasteiger partial charge on any atom is 0.264 e. The van der Waals surface area contributed by atoms with Crippen molar-refractivity contribution < 1.29 is 8.42 Å². The number of thiophene rings is 1. The summed E-state index contributed by atoms with van der Waals surface area (Å²) in [6.45, 7) is 0. The fourth-order valence-electron chi connectivity index (χ4n) is 4.21. The van der Waals surface area contributed by atoms with Gasteiger partial charge in [0.15, 0.2) is 5.82 Å². The number of sulfonamides is 1. The maximum absolute atomic E-state index is 13.0. The lowest BCUT2D eigenvalue weighted by molar-refractivity contribution is 0.601. The maximum atomic E-state index is 13.0. The van der Waals surface area contributed by atoms with Gasteiger partial charge in [0.1, 0.15) is 0 Å². The summed E-state index contributed by atoms with van der Waals surface area (Å²) in [5, 5.41) is 2.02. The van der Waals surface area contributed by atoms with Crippen molar-refractivity contribution in [2.75, 3.05) is 4.72 Å². The minimum absolute atomic E-state index is 0.0186. The van der Waals surface area contributed by atoms with Crippen LogP contribution in [0.4, 0.5) is 5.95 Å². The highest BCUT2D eigenvalue weighted by molar-refractivity contribution is 7.92. The Kier molecular flexibility index (Phi) is 6.28. The number of anilines is 1. The highest BCUT2D eigenvalue weighted by atomic mass is 32.2. The lowest BCUT2D eigenvalue weighted by Crippen LogP contribution is -2.15. The Morgan fingerprint density at radius 3 is 2.00 bits per heavy atom. The van der Waals surface area contributed by atoms with Crippen molar-refractivity contribution in [1.82, 2.24) is 19.5 Å². The minimum atomic E-state index is -3.86. The van der Waals surface area contributed by atoms with E-state index in [1.54, 1.807) is 41.7 Å². The SMILES string of the molecule is O=S(=O)(Nc1ncccn1)c1ccc(-n2c(-c3cccs3)nc(-c3ccccc3)c2-c2ccccc2)cc1. The Labute approximate surface area is 224 Å². The first-order chi connectivity index (χ1) is 18.6. The van der Waals surface area contributed by atoms with Crippen molar-refractivity contribution in [3.8, 4) is 38.9 Å². The largest absolute Gasteiger partial charge is 0.291 e. The van der Waals surface area contributed by atoms with Crippen molar-refractivity contribution in [1.29, 1.82) is 0 Å². The first-order valence-electron chi connectivity index (χ1n) is 11.8. The summed E-state index contributed by atoms with van der Waals surface area (Å²) in [4.78, 5) is 14.2. The van der Waals surface area contributed by atoms with Crippen LogP contribution in [0.2, 0.25) is 0 Å². The normalized spacial score (nSPS) is 11.4. The number of rotatable bonds is 7. The van der Waals surface area contributed by atoms with Crippen LogP contribution < -0.4 is 4.72 Å². The highest BCUT2D eigenvalue weighted by Gasteiger charge is 2.23. The van der Waals surface area contributed by atoms with E-state index in [0.717, 1.165) is 38.9 Å². The van der Waals surface area contributed by atoms with Gasteiger partial charge < -0.3 is 0 Å². The lowest BCUT2D eigenvalue weighted by Gasteiger charge is -2.14. The van der Waals surface area contributed by atoms with Gasteiger partial charge in [-0.1, -0.05) is 66.7 Å². The van der Waals surface area contributed by atoms with Crippen LogP contribution in [0.25, 0.3) is 38.9 Å². The summed E-state index contributed by atoms with van der Waals surface area (Å²) in [7, 11) is -3.86. The van der Waals surface area contributed by atoms with Crippen LogP contribution in [0, 0.1) is 0 Å². The Morgan fingerprint density at radius 2 is 1.37 bits per heavy atom. The molecule has 0 aliphatic rings. The molecule has 0 saturated carbocycles. The average Bonchev–Trinajstić information content (AvgIpc) is 3.63. The van der Waals surface area contributed by atoms with Crippen LogP contribution in [0.5, 0.6) is 0 Å². The summed E-state index contributed by atoms with van der Waals surface area (Å²) in [6.07, 6.45) is 2.96. The second kappa shape index (κ2) is 10.0. The molecule has 6 rings (SSSR count). The van der Waals surface area contributed by atoms with Crippen LogP contribution >= 0.6 is 11.3 Å². The van der Waals surface area contributed by atoms with E-state index in [4.69, 9.17) is 4.98 Å². The predicted octanol–water partition coefficient (Wildman–Crippen LogP) is 6.53. The first kappa shape index (κ1) is 23.8. The molecule has 0 saturated heterocycles. The van der Waals surface area contributed by atoms with Crippen LogP contribution in [0.15, 0.2) is 126 Å². The molecule has 0 amide bonds. The lowest BCUT2D eigenvalue weighted by atomic mass is 10.0. The molecule has 0 spiro atoms. The number of nitrogens with one attached hydrogen (secondary N) is 1. The van der Waals surface area contributed by atoms with Gasteiger partial charge in [0.05, 0.1) is 21.2 Å². The molecule has 7 nitrogen and oxygen atoms in total. The van der Waals surface area contributed by atoms with E-state index in [9.17, 15) is 8.42 Å². The zero-order chi connectivity index (χ0) is 26.0. The molecule has 0 bridgehead atoms. The van der Waals surface area contributed by atoms with Gasteiger partial charge in [-0.15, -0.1) is 11.3 Å². The van der Waals surface area contributed by atoms with E-state index in [0.29, 0.717) is 0 Å². The quantitative estimate of drug-likeness (QED) is 0.251. The number of imidazole rings is 1. The van der Waals surface area contributed by atoms with Crippen LogP contribution in [0.3, 0.4) is 0 Å². The molecule has 0 aliphatic heterocycles. The Morgan fingerprint density at radius 1 is 0.711 bits per heavy atom. The molecule has 38 heavy (non-hydrogen) atoms. The third-order valence-electron chi connectivity index (χ3n) is 5.91. The highest BCUT2D eigenvalue weighted by Crippen LogP contribution is 2.39. The number of hydrogen-bond acceptors (Lipinski definition) is 6. The van der Waals surface area contributed by atoms with Gasteiger partial charge in [-0.2, -0.15) is 0 Å². The topological polar surface area (TPSA) is 89.8 Å². The summed E-state index contributed by atoms with van der Waals surface area (Å²) in [5.41, 5.74) is 4.55. The summed E-state index contributed by atoms with van der Waals surface area (Å²) in [6, 6.07) is 32.6. The van der Waals surface area contributed by atoms with Crippen molar-refractivity contribution in [2.45, 2.75) is 4.90 Å². The Bertz CT molecular complexity index is 1770. The van der Waals surface area contributed by atoms with E-state index < -0.39 is 10.0 Å². The molecule has 0 radical (unpaired) electrons. The number of nitrogens with zero attached hydrogens (tertiary/aromatic N) is 4. The second-order valence-corrected chi connectivity index (χ2v) is 11.0. The molecule has 3 aromatic carbocycles. The Hall–Kier alpha value is -4.60. The molecule has 3 heterocycles. The number of benzene rings is 3. The predicted molar refractivity (Wildman–Crippen MR) is 151 cm³/mol. The van der Waals surface area contributed by atoms with Crippen LogP contribution in [0.1, 0.15) is 0 Å². The van der Waals surface area contributed by atoms with Gasteiger partial charge in [0.25, 0.3) is 10.0 Å². The first-order valence-corrected chi connectivity index (χ1v) is 14.1. The zero-order valence-electron chi connectivity index (χ0n) is 20.0. The average molecular weight is 536 g/mol. The standard InChI is InChI=1S/C29H21N5O2S2/c35-38(36,33-29-30-18-8-19-31-29)24-16-14-23(15-17-24)34-27(22-11-5-2-6-12-22)26(21-9-3-1-4-10-21)32-28(34)25-13-7-20-37-25/h1-20H,(H,30,31,33). The van der Waals surface area contributed by atoms with E-state index in [1.165, 1.54) is 12.4 Å². The van der Waals surface area contributed by atoms with E-state index in [1.807, 2.05) is 66.0 Å². The molecular formula is C29H21N5O2S2. The number of hydrogen-bond donors (Lipinski definition) is 1. The van der Waals surface area contributed by atoms with Crippen LogP contribution in [-0.4, -0.2) is 27.9 Å². The second-order valence-electron chi connectivity index (χ2n) is 8.35. The molecule has 0 fully saturated rings. The van der Waals surface area contributed by atoms with Crippen molar-refractivity contribution in [3.63, 3.8) is 0 Å². The van der Waals surface area contributed by atoms with Gasteiger partial charge in [-0.25, -0.2) is 28.1 Å². The van der Waals surface area contributed by atoms with Crippen molar-refractivity contribution in [3.05, 3.63) is 121 Å². The minimum Gasteiger partial charge on any atom is -0.291 e. The zero-order valence-corrected chi connectivity index (χ0v) is 21.6. The Balaban J connectivity index is 1.52. The summed E-state index contributed by atoms with van der Waals surface area (Å²) < 4.78 is 30.5. The molecule has 9 heteroatoms. The van der Waals surface area contributed by atoms with E-state index in [-0.39, 0.29) is 10.8 Å². The molecule has 6 aromatic rings. The smallest absolute Gasteiger partial charge is 0.264 e. The molecule has 1 N–H and O–H groups in total. The molecule has 0 unspecified atom stereocenters. The van der Waals surface area contributed by atoms with Gasteiger partial charge in [-0.05, 0) is 41.8 Å². The third kappa shape index (κ3) is 4.60. The van der Waals surface area contributed by atoms with Gasteiger partial charge in [-0.3, -0.25) is 4.57 Å². The van der Waals surface area contributed by atoms with Gasteiger partial charge >= 0.3 is 0 Å². The van der Waals surface area contributed by atoms with Gasteiger partial charge in [0.2, 0.25) is 5.95 Å².